The zero-order valence-electron chi connectivity index (χ0n) is 44.9. The summed E-state index contributed by atoms with van der Waals surface area (Å²) in [4.78, 5) is 2.55. The highest BCUT2D eigenvalue weighted by Crippen LogP contribution is 2.63. The molecule has 0 saturated carbocycles. The van der Waals surface area contributed by atoms with E-state index in [1.54, 1.807) is 0 Å². The quantitative estimate of drug-likeness (QED) is 0.147. The Labute approximate surface area is 477 Å². The van der Waals surface area contributed by atoms with Crippen LogP contribution in [0.5, 0.6) is 0 Å². The van der Waals surface area contributed by atoms with Gasteiger partial charge in [-0.05, 0) is 138 Å². The summed E-state index contributed by atoms with van der Waals surface area (Å²) in [5, 5.41) is 2.56. The minimum absolute atomic E-state index is 0.568. The summed E-state index contributed by atoms with van der Waals surface area (Å²) in [5.74, 6) is 0. The molecule has 0 N–H and O–H groups in total. The highest BCUT2D eigenvalue weighted by atomic mass is 15.1. The van der Waals surface area contributed by atoms with Crippen molar-refractivity contribution in [3.05, 3.63) is 360 Å². The van der Waals surface area contributed by atoms with Gasteiger partial charge in [0.25, 0.3) is 0 Å². The van der Waals surface area contributed by atoms with E-state index in [0.29, 0.717) is 0 Å². The van der Waals surface area contributed by atoms with Crippen molar-refractivity contribution < 1.29 is 0 Å². The van der Waals surface area contributed by atoms with Crippen LogP contribution in [0.15, 0.2) is 315 Å². The molecule has 14 aromatic rings. The minimum Gasteiger partial charge on any atom is -0.309 e. The smallest absolute Gasteiger partial charge is 0.0754 e. The number of benzene rings is 13. The van der Waals surface area contributed by atoms with Crippen LogP contribution in [0.4, 0.5) is 17.1 Å². The van der Waals surface area contributed by atoms with Gasteiger partial charge in [-0.1, -0.05) is 267 Å². The number of aromatic nitrogens is 1. The topological polar surface area (TPSA) is 8.17 Å². The van der Waals surface area contributed by atoms with E-state index in [1.165, 1.54) is 111 Å². The van der Waals surface area contributed by atoms with E-state index >= 15 is 0 Å². The Hall–Kier alpha value is -10.5. The number of nitrogens with zero attached hydrogens (tertiary/aromatic N) is 2. The third kappa shape index (κ3) is 6.40. The van der Waals surface area contributed by atoms with Crippen LogP contribution in [0.25, 0.3) is 83.1 Å². The molecule has 13 aromatic carbocycles. The molecule has 3 aliphatic rings. The fraction of sp³-hybridized carbons (Fsp3) is 0.0250. The van der Waals surface area contributed by atoms with Gasteiger partial charge in [-0.25, -0.2) is 0 Å². The molecule has 82 heavy (non-hydrogen) atoms. The summed E-state index contributed by atoms with van der Waals surface area (Å²) in [6.45, 7) is 0. The molecule has 2 heteroatoms. The Bertz CT molecular complexity index is 4840. The van der Waals surface area contributed by atoms with Gasteiger partial charge in [0, 0.05) is 27.6 Å². The lowest BCUT2D eigenvalue weighted by atomic mass is 9.65. The highest BCUT2D eigenvalue weighted by molar-refractivity contribution is 6.13. The summed E-state index contributed by atoms with van der Waals surface area (Å²) < 4.78 is 2.53. The second-order valence-electron chi connectivity index (χ2n) is 22.2. The highest BCUT2D eigenvalue weighted by Gasteiger charge is 2.51. The molecule has 1 atom stereocenters. The van der Waals surface area contributed by atoms with Crippen LogP contribution in [-0.4, -0.2) is 4.57 Å². The average Bonchev–Trinajstić information content (AvgIpc) is 1.83. The lowest BCUT2D eigenvalue weighted by molar-refractivity contribution is 0.749. The van der Waals surface area contributed by atoms with Gasteiger partial charge in [-0.15, -0.1) is 0 Å². The largest absolute Gasteiger partial charge is 0.309 e. The van der Waals surface area contributed by atoms with Crippen LogP contribution < -0.4 is 4.90 Å². The van der Waals surface area contributed by atoms with Gasteiger partial charge in [0.15, 0.2) is 0 Å². The molecule has 2 nitrogen and oxygen atoms in total. The Morgan fingerprint density at radius 3 is 1.57 bits per heavy atom. The number of hydrogen-bond acceptors (Lipinski definition) is 1. The van der Waals surface area contributed by atoms with Crippen molar-refractivity contribution >= 4 is 38.9 Å². The molecule has 1 spiro atoms. The Balaban J connectivity index is 0.911. The van der Waals surface area contributed by atoms with E-state index in [2.05, 4.69) is 325 Å². The summed E-state index contributed by atoms with van der Waals surface area (Å²) >= 11 is 0. The summed E-state index contributed by atoms with van der Waals surface area (Å²) in [5.41, 5.74) is 28.2. The van der Waals surface area contributed by atoms with Crippen molar-refractivity contribution in [3.8, 4) is 61.3 Å². The van der Waals surface area contributed by atoms with Gasteiger partial charge in [-0.2, -0.15) is 0 Å². The second-order valence-corrected chi connectivity index (χ2v) is 22.2. The average molecular weight is 1040 g/mol. The van der Waals surface area contributed by atoms with E-state index in [4.69, 9.17) is 0 Å². The lowest BCUT2D eigenvalue weighted by Gasteiger charge is -2.39. The number of fused-ring (bicyclic) bond motifs is 15. The minimum atomic E-state index is -0.574. The standard InChI is InChI=1S/C80H52N2/c1-4-24-53(25-5-1)54-26-20-28-57(50-54)61-34-12-17-44-73(61)81(76-47-23-42-70-77(76)66-37-11-15-40-68(66)79(70,58-29-6-2-7-30-58)59-31-8-3-9-32-59)60-33-21-27-55(51-60)56-48-49-63-62-35-10-14-39-67(62)80(72(63)52-56)69-41-16-19-46-75(69)82-74-45-18-13-36-64(74)65-38-22-43-71(80)78(65)82/h1-52H. The van der Waals surface area contributed by atoms with Crippen LogP contribution >= 0.6 is 0 Å². The van der Waals surface area contributed by atoms with E-state index < -0.39 is 10.8 Å². The third-order valence-corrected chi connectivity index (χ3v) is 18.3. The molecule has 0 radical (unpaired) electrons. The zero-order chi connectivity index (χ0) is 53.9. The molecule has 0 fully saturated rings. The second kappa shape index (κ2) is 18.0. The van der Waals surface area contributed by atoms with Gasteiger partial charge in [0.1, 0.15) is 0 Å². The fourth-order valence-electron chi connectivity index (χ4n) is 15.0. The Morgan fingerprint density at radius 2 is 0.780 bits per heavy atom. The predicted molar refractivity (Wildman–Crippen MR) is 340 cm³/mol. The van der Waals surface area contributed by atoms with Crippen molar-refractivity contribution in [2.75, 3.05) is 4.90 Å². The van der Waals surface area contributed by atoms with Crippen molar-refractivity contribution in [1.29, 1.82) is 0 Å². The maximum absolute atomic E-state index is 2.55. The van der Waals surface area contributed by atoms with Crippen molar-refractivity contribution in [1.82, 2.24) is 4.57 Å². The first-order valence-corrected chi connectivity index (χ1v) is 28.6. The van der Waals surface area contributed by atoms with Crippen molar-refractivity contribution in [2.24, 2.45) is 0 Å². The Kier molecular flexibility index (Phi) is 10.2. The van der Waals surface area contributed by atoms with Gasteiger partial charge in [0.05, 0.1) is 38.9 Å². The molecule has 1 aromatic heterocycles. The van der Waals surface area contributed by atoms with Gasteiger partial charge >= 0.3 is 0 Å². The first-order valence-electron chi connectivity index (χ1n) is 28.6. The van der Waals surface area contributed by atoms with Gasteiger partial charge in [-0.3, -0.25) is 0 Å². The zero-order valence-corrected chi connectivity index (χ0v) is 44.9. The van der Waals surface area contributed by atoms with Crippen LogP contribution in [0, 0.1) is 0 Å². The number of rotatable bonds is 8. The van der Waals surface area contributed by atoms with Gasteiger partial charge in [0.2, 0.25) is 0 Å². The summed E-state index contributed by atoms with van der Waals surface area (Å²) in [7, 11) is 0. The number of para-hydroxylation sites is 4. The van der Waals surface area contributed by atoms with Crippen molar-refractivity contribution in [3.63, 3.8) is 0 Å². The van der Waals surface area contributed by atoms with E-state index in [0.717, 1.165) is 33.8 Å². The fourth-order valence-corrected chi connectivity index (χ4v) is 15.0. The monoisotopic (exact) mass is 1040 g/mol. The maximum atomic E-state index is 2.55. The number of hydrogen-bond donors (Lipinski definition) is 0. The van der Waals surface area contributed by atoms with Crippen LogP contribution in [0.1, 0.15) is 44.5 Å². The molecule has 17 rings (SSSR count). The first-order chi connectivity index (χ1) is 40.7. The summed E-state index contributed by atoms with van der Waals surface area (Å²) in [6, 6.07) is 118. The Morgan fingerprint density at radius 1 is 0.268 bits per heavy atom. The predicted octanol–water partition coefficient (Wildman–Crippen LogP) is 20.3. The molecule has 0 saturated heterocycles. The lowest BCUT2D eigenvalue weighted by Crippen LogP contribution is -2.33. The molecular formula is C80H52N2. The first kappa shape index (κ1) is 46.4. The van der Waals surface area contributed by atoms with Crippen LogP contribution in [0.2, 0.25) is 0 Å². The molecular weight excluding hydrogens is 989 g/mol. The van der Waals surface area contributed by atoms with E-state index in [1.807, 2.05) is 0 Å². The molecule has 1 aliphatic heterocycles. The molecule has 2 heterocycles. The van der Waals surface area contributed by atoms with E-state index in [9.17, 15) is 0 Å². The molecule has 382 valence electrons. The maximum Gasteiger partial charge on any atom is 0.0754 e. The third-order valence-electron chi connectivity index (χ3n) is 18.3. The SMILES string of the molecule is c1ccc(-c2cccc(-c3ccccc3N(c3cccc(-c4ccc5c(c4)C4(c6ccccc6-5)c5ccccc5-n5c6ccccc6c6cccc4c65)c3)c3cccc4c3-c3ccccc3C4(c3ccccc3)c3ccccc3)c2)cc1. The number of anilines is 3. The van der Waals surface area contributed by atoms with Gasteiger partial charge < -0.3 is 9.47 Å². The summed E-state index contributed by atoms with van der Waals surface area (Å²) in [6.07, 6.45) is 0. The van der Waals surface area contributed by atoms with Crippen LogP contribution in [-0.2, 0) is 10.8 Å². The molecule has 0 bridgehead atoms. The normalized spacial score (nSPS) is 14.7. The molecule has 2 aliphatic carbocycles. The van der Waals surface area contributed by atoms with Crippen LogP contribution in [0.3, 0.4) is 0 Å². The van der Waals surface area contributed by atoms with Crippen molar-refractivity contribution in [2.45, 2.75) is 10.8 Å². The van der Waals surface area contributed by atoms with E-state index in [-0.39, 0.29) is 0 Å². The molecule has 0 amide bonds. The molecule has 1 unspecified atom stereocenters.